The lowest BCUT2D eigenvalue weighted by molar-refractivity contribution is -0.156. The molecule has 2 heterocycles. The zero-order valence-corrected chi connectivity index (χ0v) is 12.8. The maximum atomic E-state index is 12.4. The average Bonchev–Trinajstić information content (AvgIpc) is 2.58. The van der Waals surface area contributed by atoms with Crippen LogP contribution in [0.5, 0.6) is 0 Å². The molecule has 120 valence electrons. The number of nitrogens with zero attached hydrogens (tertiary/aromatic N) is 1. The summed E-state index contributed by atoms with van der Waals surface area (Å²) in [6, 6.07) is 9.34. The summed E-state index contributed by atoms with van der Waals surface area (Å²) in [5.74, 6) is -1.39. The predicted octanol–water partition coefficient (Wildman–Crippen LogP) is 1.20. The molecule has 1 aromatic rings. The molecule has 23 heavy (non-hydrogen) atoms. The SMILES string of the molecule is COC(=O)C1=C2C(=O)OC[C@@H](Cc3ccccc3)N2C(=O)CC1. The number of carbonyl (C=O) groups is 3. The van der Waals surface area contributed by atoms with E-state index in [9.17, 15) is 14.4 Å². The highest BCUT2D eigenvalue weighted by atomic mass is 16.5. The van der Waals surface area contributed by atoms with E-state index >= 15 is 0 Å². The Morgan fingerprint density at radius 2 is 2.00 bits per heavy atom. The zero-order chi connectivity index (χ0) is 16.4. The lowest BCUT2D eigenvalue weighted by Crippen LogP contribution is -2.52. The largest absolute Gasteiger partial charge is 0.466 e. The topological polar surface area (TPSA) is 72.9 Å². The van der Waals surface area contributed by atoms with Gasteiger partial charge in [0, 0.05) is 6.42 Å². The van der Waals surface area contributed by atoms with Gasteiger partial charge < -0.3 is 9.47 Å². The van der Waals surface area contributed by atoms with Crippen LogP contribution in [0.15, 0.2) is 41.6 Å². The fourth-order valence-corrected chi connectivity index (χ4v) is 3.02. The summed E-state index contributed by atoms with van der Waals surface area (Å²) in [7, 11) is 1.26. The van der Waals surface area contributed by atoms with E-state index in [0.717, 1.165) is 5.56 Å². The molecule has 0 aromatic heterocycles. The van der Waals surface area contributed by atoms with Crippen molar-refractivity contribution in [1.29, 1.82) is 0 Å². The van der Waals surface area contributed by atoms with Gasteiger partial charge in [-0.3, -0.25) is 9.69 Å². The minimum atomic E-state index is -0.636. The van der Waals surface area contributed by atoms with E-state index in [1.165, 1.54) is 12.0 Å². The molecule has 1 atom stereocenters. The van der Waals surface area contributed by atoms with Crippen LogP contribution in [0.2, 0.25) is 0 Å². The molecular weight excluding hydrogens is 298 g/mol. The van der Waals surface area contributed by atoms with Crippen molar-refractivity contribution < 1.29 is 23.9 Å². The van der Waals surface area contributed by atoms with E-state index in [0.29, 0.717) is 6.42 Å². The van der Waals surface area contributed by atoms with Gasteiger partial charge in [-0.05, 0) is 18.4 Å². The Bertz CT molecular complexity index is 679. The van der Waals surface area contributed by atoms with E-state index in [4.69, 9.17) is 9.47 Å². The monoisotopic (exact) mass is 315 g/mol. The third-order valence-corrected chi connectivity index (χ3v) is 4.10. The molecule has 6 heteroatoms. The van der Waals surface area contributed by atoms with Crippen molar-refractivity contribution in [2.24, 2.45) is 0 Å². The van der Waals surface area contributed by atoms with Crippen molar-refractivity contribution in [1.82, 2.24) is 4.90 Å². The van der Waals surface area contributed by atoms with Gasteiger partial charge in [0.1, 0.15) is 12.3 Å². The van der Waals surface area contributed by atoms with Gasteiger partial charge in [-0.1, -0.05) is 30.3 Å². The van der Waals surface area contributed by atoms with Crippen molar-refractivity contribution in [3.8, 4) is 0 Å². The van der Waals surface area contributed by atoms with Gasteiger partial charge in [0.05, 0.1) is 18.7 Å². The number of methoxy groups -OCH3 is 1. The first kappa shape index (κ1) is 15.3. The first-order chi connectivity index (χ1) is 11.1. The molecular formula is C17H17NO5. The van der Waals surface area contributed by atoms with Gasteiger partial charge in [-0.2, -0.15) is 0 Å². The third kappa shape index (κ3) is 2.84. The first-order valence-corrected chi connectivity index (χ1v) is 7.46. The Morgan fingerprint density at radius 1 is 1.26 bits per heavy atom. The Morgan fingerprint density at radius 3 is 2.70 bits per heavy atom. The predicted molar refractivity (Wildman–Crippen MR) is 80.0 cm³/mol. The summed E-state index contributed by atoms with van der Waals surface area (Å²) in [5.41, 5.74) is 1.29. The van der Waals surface area contributed by atoms with Gasteiger partial charge in [0.2, 0.25) is 5.91 Å². The molecule has 0 N–H and O–H groups in total. The maximum Gasteiger partial charge on any atom is 0.355 e. The van der Waals surface area contributed by atoms with E-state index in [1.54, 1.807) is 0 Å². The summed E-state index contributed by atoms with van der Waals surface area (Å²) < 4.78 is 9.94. The highest BCUT2D eigenvalue weighted by Gasteiger charge is 2.42. The van der Waals surface area contributed by atoms with Crippen LogP contribution in [0.1, 0.15) is 18.4 Å². The molecule has 1 saturated heterocycles. The Hall–Kier alpha value is -2.63. The molecule has 2 aliphatic heterocycles. The maximum absolute atomic E-state index is 12.4. The fraction of sp³-hybridized carbons (Fsp3) is 0.353. The summed E-state index contributed by atoms with van der Waals surface area (Å²) in [5, 5.41) is 0. The number of esters is 2. The lowest BCUT2D eigenvalue weighted by Gasteiger charge is -2.39. The number of rotatable bonds is 3. The minimum Gasteiger partial charge on any atom is -0.466 e. The molecule has 0 unspecified atom stereocenters. The van der Waals surface area contributed by atoms with Crippen LogP contribution in [0, 0.1) is 0 Å². The van der Waals surface area contributed by atoms with Crippen molar-refractivity contribution in [3.05, 3.63) is 47.2 Å². The van der Waals surface area contributed by atoms with Crippen molar-refractivity contribution in [3.63, 3.8) is 0 Å². The number of hydrogen-bond donors (Lipinski definition) is 0. The second-order valence-corrected chi connectivity index (χ2v) is 5.52. The fourth-order valence-electron chi connectivity index (χ4n) is 3.02. The van der Waals surface area contributed by atoms with Crippen molar-refractivity contribution in [2.75, 3.05) is 13.7 Å². The minimum absolute atomic E-state index is 0.0419. The van der Waals surface area contributed by atoms with Crippen LogP contribution in [-0.2, 0) is 30.3 Å². The molecule has 0 aliphatic carbocycles. The van der Waals surface area contributed by atoms with Crippen LogP contribution in [0.3, 0.4) is 0 Å². The third-order valence-electron chi connectivity index (χ3n) is 4.10. The lowest BCUT2D eigenvalue weighted by atomic mass is 9.95. The normalized spacial score (nSPS) is 20.9. The molecule has 2 aliphatic rings. The molecule has 3 rings (SSSR count). The highest BCUT2D eigenvalue weighted by molar-refractivity contribution is 6.05. The number of benzene rings is 1. The Labute approximate surface area is 133 Å². The van der Waals surface area contributed by atoms with Gasteiger partial charge in [0.25, 0.3) is 0 Å². The van der Waals surface area contributed by atoms with E-state index in [-0.39, 0.29) is 42.7 Å². The van der Waals surface area contributed by atoms with Crippen LogP contribution in [-0.4, -0.2) is 42.5 Å². The second kappa shape index (κ2) is 6.24. The molecule has 0 saturated carbocycles. The smallest absolute Gasteiger partial charge is 0.355 e. The molecule has 6 nitrogen and oxygen atoms in total. The van der Waals surface area contributed by atoms with E-state index in [2.05, 4.69) is 0 Å². The van der Waals surface area contributed by atoms with Gasteiger partial charge in [0.15, 0.2) is 0 Å². The summed E-state index contributed by atoms with van der Waals surface area (Å²) in [4.78, 5) is 37.8. The summed E-state index contributed by atoms with van der Waals surface area (Å²) in [6.45, 7) is 0.122. The number of morpholine rings is 1. The summed E-state index contributed by atoms with van der Waals surface area (Å²) in [6.07, 6.45) is 0.939. The van der Waals surface area contributed by atoms with Gasteiger partial charge in [-0.25, -0.2) is 9.59 Å². The highest BCUT2D eigenvalue weighted by Crippen LogP contribution is 2.31. The number of cyclic esters (lactones) is 1. The zero-order valence-electron chi connectivity index (χ0n) is 12.8. The molecule has 0 radical (unpaired) electrons. The quantitative estimate of drug-likeness (QED) is 0.784. The number of ether oxygens (including phenoxy) is 2. The number of fused-ring (bicyclic) bond motifs is 1. The first-order valence-electron chi connectivity index (χ1n) is 7.46. The standard InChI is InChI=1S/C17H17NO5/c1-22-16(20)13-7-8-14(19)18-12(10-23-17(21)15(13)18)9-11-5-3-2-4-6-11/h2-6,12H,7-10H2,1H3/t12-/m1/s1. The van der Waals surface area contributed by atoms with E-state index in [1.807, 2.05) is 30.3 Å². The van der Waals surface area contributed by atoms with E-state index < -0.39 is 11.9 Å². The van der Waals surface area contributed by atoms with Gasteiger partial charge in [-0.15, -0.1) is 0 Å². The molecule has 1 amide bonds. The van der Waals surface area contributed by atoms with Crippen LogP contribution in [0.25, 0.3) is 0 Å². The van der Waals surface area contributed by atoms with Crippen molar-refractivity contribution in [2.45, 2.75) is 25.3 Å². The molecule has 1 fully saturated rings. The number of amides is 1. The average molecular weight is 315 g/mol. The second-order valence-electron chi connectivity index (χ2n) is 5.52. The molecule has 0 spiro atoms. The number of carbonyl (C=O) groups excluding carboxylic acids is 3. The molecule has 0 bridgehead atoms. The summed E-state index contributed by atoms with van der Waals surface area (Å²) >= 11 is 0. The Balaban J connectivity index is 1.97. The van der Waals surface area contributed by atoms with Crippen LogP contribution >= 0.6 is 0 Å². The van der Waals surface area contributed by atoms with Crippen LogP contribution < -0.4 is 0 Å². The number of hydrogen-bond acceptors (Lipinski definition) is 5. The van der Waals surface area contributed by atoms with Gasteiger partial charge >= 0.3 is 11.9 Å². The molecule has 1 aromatic carbocycles. The van der Waals surface area contributed by atoms with Crippen LogP contribution in [0.4, 0.5) is 0 Å². The van der Waals surface area contributed by atoms with Crippen molar-refractivity contribution >= 4 is 17.8 Å². The Kier molecular flexibility index (Phi) is 4.14.